The number of aromatic nitrogens is 6. The van der Waals surface area contributed by atoms with Gasteiger partial charge in [-0.15, -0.1) is 0 Å². The van der Waals surface area contributed by atoms with E-state index in [-0.39, 0.29) is 57.4 Å². The minimum atomic E-state index is -4.71. The molecule has 5 rings (SSSR count). The van der Waals surface area contributed by atoms with E-state index in [1.54, 1.807) is 0 Å². The number of nitrogens with zero attached hydrogens (tertiary/aromatic N) is 6. The van der Waals surface area contributed by atoms with E-state index in [0.717, 1.165) is 24.5 Å². The maximum Gasteiger partial charge on any atom is 0.433 e. The minimum absolute atomic E-state index is 0.0245. The molecular formula is C21H16F6N6O3S. The van der Waals surface area contributed by atoms with Crippen LogP contribution in [0, 0.1) is 0 Å². The smallest absolute Gasteiger partial charge is 0.338 e. The average Bonchev–Trinajstić information content (AvgIpc) is 3.40. The maximum absolute atomic E-state index is 13.4. The molecule has 0 radical (unpaired) electrons. The molecule has 16 heteroatoms. The highest BCUT2D eigenvalue weighted by Gasteiger charge is 2.68. The molecule has 37 heavy (non-hydrogen) atoms. The summed E-state index contributed by atoms with van der Waals surface area (Å²) in [5, 5.41) is 3.59. The predicted octanol–water partition coefficient (Wildman–Crippen LogP) is 4.49. The first-order valence-electron chi connectivity index (χ1n) is 10.7. The Bertz CT molecular complexity index is 1640. The molecule has 0 unspecified atom stereocenters. The van der Waals surface area contributed by atoms with E-state index in [0.29, 0.717) is 0 Å². The normalized spacial score (nSPS) is 15.9. The van der Waals surface area contributed by atoms with Crippen LogP contribution in [0.2, 0.25) is 0 Å². The number of hydrogen-bond acceptors (Lipinski definition) is 8. The summed E-state index contributed by atoms with van der Waals surface area (Å²) in [6.45, 7) is 1.37. The first-order chi connectivity index (χ1) is 17.2. The second-order valence-electron chi connectivity index (χ2n) is 8.53. The number of sulfone groups is 1. The van der Waals surface area contributed by atoms with Crippen LogP contribution in [0.5, 0.6) is 0 Å². The van der Waals surface area contributed by atoms with Crippen molar-refractivity contribution in [2.75, 3.05) is 5.75 Å². The molecule has 0 aliphatic heterocycles. The summed E-state index contributed by atoms with van der Waals surface area (Å²) in [6.07, 6.45) is -7.62. The zero-order chi connectivity index (χ0) is 27.0. The van der Waals surface area contributed by atoms with Gasteiger partial charge in [-0.3, -0.25) is 4.98 Å². The molecule has 1 aliphatic carbocycles. The van der Waals surface area contributed by atoms with Crippen molar-refractivity contribution >= 4 is 20.9 Å². The van der Waals surface area contributed by atoms with Crippen molar-refractivity contribution in [2.24, 2.45) is 7.05 Å². The third-order valence-corrected chi connectivity index (χ3v) is 7.96. The summed E-state index contributed by atoms with van der Waals surface area (Å²) in [5.41, 5.74) is -3.48. The number of hydrogen-bond donors (Lipinski definition) is 0. The fourth-order valence-corrected chi connectivity index (χ4v) is 4.92. The molecule has 9 nitrogen and oxygen atoms in total. The van der Waals surface area contributed by atoms with Crippen molar-refractivity contribution in [3.8, 4) is 22.9 Å². The van der Waals surface area contributed by atoms with Crippen LogP contribution in [-0.2, 0) is 28.5 Å². The summed E-state index contributed by atoms with van der Waals surface area (Å²) in [6, 6.07) is 1.86. The van der Waals surface area contributed by atoms with Crippen LogP contribution in [0.1, 0.15) is 31.4 Å². The van der Waals surface area contributed by atoms with Gasteiger partial charge in [-0.05, 0) is 25.0 Å². The highest BCUT2D eigenvalue weighted by Crippen LogP contribution is 2.58. The van der Waals surface area contributed by atoms with Gasteiger partial charge in [0.05, 0.1) is 27.9 Å². The quantitative estimate of drug-likeness (QED) is 0.336. The number of pyridine rings is 2. The Morgan fingerprint density at radius 1 is 1.05 bits per heavy atom. The molecule has 0 atom stereocenters. The lowest BCUT2D eigenvalue weighted by atomic mass is 10.1. The number of imidazole rings is 1. The SMILES string of the molecule is CCS(=O)(=O)c1cc(-c2noc(C3(C(F)(F)F)CC3)n2)cnc1-c1nc2cc(C(F)(F)F)ncc2n1C. The fraction of sp³-hybridized carbons (Fsp3) is 0.381. The molecule has 0 bridgehead atoms. The summed E-state index contributed by atoms with van der Waals surface area (Å²) >= 11 is 0. The summed E-state index contributed by atoms with van der Waals surface area (Å²) in [5.74, 6) is -1.34. The number of alkyl halides is 6. The van der Waals surface area contributed by atoms with Crippen LogP contribution in [0.4, 0.5) is 26.3 Å². The Hall–Kier alpha value is -3.56. The van der Waals surface area contributed by atoms with Crippen LogP contribution in [0.15, 0.2) is 33.9 Å². The van der Waals surface area contributed by atoms with Gasteiger partial charge in [0.2, 0.25) is 11.7 Å². The predicted molar refractivity (Wildman–Crippen MR) is 115 cm³/mol. The van der Waals surface area contributed by atoms with Crippen molar-refractivity contribution < 1.29 is 39.3 Å². The van der Waals surface area contributed by atoms with Gasteiger partial charge in [-0.25, -0.2) is 18.4 Å². The first-order valence-corrected chi connectivity index (χ1v) is 12.4. The molecule has 4 heterocycles. The van der Waals surface area contributed by atoms with E-state index in [2.05, 4.69) is 25.1 Å². The second-order valence-corrected chi connectivity index (χ2v) is 10.8. The number of fused-ring (bicyclic) bond motifs is 1. The standard InChI is InChI=1S/C21H16F6N6O3S/c1-3-37(34,35)13-6-10(16-31-18(36-32-16)19(4-5-19)21(25,26)27)8-29-15(13)17-30-11-7-14(20(22,23)24)28-9-12(11)33(17)2/h6-9H,3-5H2,1-2H3. The van der Waals surface area contributed by atoms with Crippen LogP contribution >= 0.6 is 0 Å². The van der Waals surface area contributed by atoms with Crippen LogP contribution in [-0.4, -0.2) is 50.0 Å². The third kappa shape index (κ3) is 4.02. The molecule has 196 valence electrons. The van der Waals surface area contributed by atoms with E-state index < -0.39 is 39.2 Å². The van der Waals surface area contributed by atoms with Gasteiger partial charge in [-0.2, -0.15) is 31.3 Å². The molecule has 1 aliphatic rings. The van der Waals surface area contributed by atoms with Crippen LogP contribution in [0.25, 0.3) is 33.9 Å². The van der Waals surface area contributed by atoms with Gasteiger partial charge in [0.25, 0.3) is 0 Å². The summed E-state index contributed by atoms with van der Waals surface area (Å²) in [4.78, 5) is 15.2. The van der Waals surface area contributed by atoms with Crippen molar-refractivity contribution in [3.05, 3.63) is 36.1 Å². The molecular weight excluding hydrogens is 530 g/mol. The van der Waals surface area contributed by atoms with Gasteiger partial charge < -0.3 is 9.09 Å². The lowest BCUT2D eigenvalue weighted by molar-refractivity contribution is -0.166. The zero-order valence-electron chi connectivity index (χ0n) is 19.0. The Morgan fingerprint density at radius 2 is 1.76 bits per heavy atom. The highest BCUT2D eigenvalue weighted by molar-refractivity contribution is 7.91. The van der Waals surface area contributed by atoms with Crippen molar-refractivity contribution in [1.29, 1.82) is 0 Å². The van der Waals surface area contributed by atoms with Crippen LogP contribution < -0.4 is 0 Å². The molecule has 0 amide bonds. The van der Waals surface area contributed by atoms with Crippen molar-refractivity contribution in [1.82, 2.24) is 29.7 Å². The average molecular weight is 546 g/mol. The molecule has 0 spiro atoms. The molecule has 0 aromatic carbocycles. The van der Waals surface area contributed by atoms with E-state index in [1.807, 2.05) is 0 Å². The summed E-state index contributed by atoms with van der Waals surface area (Å²) < 4.78 is 112. The molecule has 0 saturated heterocycles. The van der Waals surface area contributed by atoms with Gasteiger partial charge in [0.15, 0.2) is 15.7 Å². The Kier molecular flexibility index (Phi) is 5.41. The molecule has 4 aromatic rings. The topological polar surface area (TPSA) is 117 Å². The summed E-state index contributed by atoms with van der Waals surface area (Å²) in [7, 11) is -2.55. The van der Waals surface area contributed by atoms with E-state index in [4.69, 9.17) is 4.52 Å². The first kappa shape index (κ1) is 25.1. The molecule has 0 N–H and O–H groups in total. The van der Waals surface area contributed by atoms with Gasteiger partial charge in [0, 0.05) is 18.8 Å². The van der Waals surface area contributed by atoms with E-state index in [1.165, 1.54) is 18.5 Å². The third-order valence-electron chi connectivity index (χ3n) is 6.22. The van der Waals surface area contributed by atoms with Gasteiger partial charge in [0.1, 0.15) is 16.8 Å². The number of rotatable bonds is 5. The fourth-order valence-electron chi connectivity index (χ4n) is 3.86. The van der Waals surface area contributed by atoms with E-state index in [9.17, 15) is 34.8 Å². The molecule has 1 saturated carbocycles. The zero-order valence-corrected chi connectivity index (χ0v) is 19.8. The van der Waals surface area contributed by atoms with E-state index >= 15 is 0 Å². The largest absolute Gasteiger partial charge is 0.433 e. The second kappa shape index (κ2) is 7.97. The lowest BCUT2D eigenvalue weighted by Crippen LogP contribution is -2.28. The molecule has 4 aromatic heterocycles. The van der Waals surface area contributed by atoms with Crippen LogP contribution in [0.3, 0.4) is 0 Å². The lowest BCUT2D eigenvalue weighted by Gasteiger charge is -2.13. The number of halogens is 6. The maximum atomic E-state index is 13.4. The monoisotopic (exact) mass is 546 g/mol. The highest BCUT2D eigenvalue weighted by atomic mass is 32.2. The van der Waals surface area contributed by atoms with Crippen molar-refractivity contribution in [2.45, 2.75) is 42.4 Å². The number of aryl methyl sites for hydroxylation is 1. The Balaban J connectivity index is 1.63. The Morgan fingerprint density at radius 3 is 2.35 bits per heavy atom. The van der Waals surface area contributed by atoms with Gasteiger partial charge >= 0.3 is 12.4 Å². The van der Waals surface area contributed by atoms with Gasteiger partial charge in [-0.1, -0.05) is 12.1 Å². The Labute approximate surface area is 204 Å². The van der Waals surface area contributed by atoms with Crippen molar-refractivity contribution in [3.63, 3.8) is 0 Å². The minimum Gasteiger partial charge on any atom is -0.338 e. The molecule has 1 fully saturated rings.